The Labute approximate surface area is 120 Å². The lowest BCUT2D eigenvalue weighted by Crippen LogP contribution is -2.01. The molecule has 4 heteroatoms. The zero-order valence-electron chi connectivity index (χ0n) is 11.1. The van der Waals surface area contributed by atoms with E-state index in [1.807, 2.05) is 24.3 Å². The maximum absolute atomic E-state index is 12.4. The second kappa shape index (κ2) is 4.31. The van der Waals surface area contributed by atoms with Gasteiger partial charge < -0.3 is 10.1 Å². The van der Waals surface area contributed by atoms with E-state index in [1.165, 1.54) is 6.08 Å². The quantitative estimate of drug-likeness (QED) is 0.643. The molecule has 0 amide bonds. The lowest BCUT2D eigenvalue weighted by atomic mass is 10.0. The van der Waals surface area contributed by atoms with Crippen molar-refractivity contribution in [3.63, 3.8) is 0 Å². The Morgan fingerprint density at radius 1 is 1.00 bits per heavy atom. The van der Waals surface area contributed by atoms with Crippen LogP contribution in [0, 0.1) is 0 Å². The van der Waals surface area contributed by atoms with Crippen LogP contribution in [0.4, 0.5) is 0 Å². The number of fused-ring (bicyclic) bond motifs is 2. The summed E-state index contributed by atoms with van der Waals surface area (Å²) in [6, 6.07) is 11.3. The van der Waals surface area contributed by atoms with Gasteiger partial charge in [-0.1, -0.05) is 24.3 Å². The minimum Gasteiger partial charge on any atom is -0.472 e. The molecule has 4 rings (SSSR count). The lowest BCUT2D eigenvalue weighted by molar-refractivity contribution is 0.0987. The number of Topliss-reactive ketones (excluding diaryl/α,β-unsaturated/α-hetero) is 2. The number of benzene rings is 2. The van der Waals surface area contributed by atoms with Gasteiger partial charge >= 0.3 is 0 Å². The van der Waals surface area contributed by atoms with E-state index in [2.05, 4.69) is 5.32 Å². The predicted octanol–water partition coefficient (Wildman–Crippen LogP) is 2.56. The molecule has 21 heavy (non-hydrogen) atoms. The van der Waals surface area contributed by atoms with Crippen molar-refractivity contribution in [1.29, 1.82) is 0 Å². The lowest BCUT2D eigenvalue weighted by Gasteiger charge is -2.00. The fourth-order valence-corrected chi connectivity index (χ4v) is 2.67. The van der Waals surface area contributed by atoms with Crippen molar-refractivity contribution < 1.29 is 14.3 Å². The molecule has 0 bridgehead atoms. The molecule has 0 saturated heterocycles. The first-order valence-corrected chi connectivity index (χ1v) is 6.64. The SMILES string of the molecule is O=C1C(=CC2=CNCO2)C(=O)c2cc3ccccc3cc21. The van der Waals surface area contributed by atoms with Gasteiger partial charge in [-0.15, -0.1) is 0 Å². The first kappa shape index (κ1) is 11.9. The molecular formula is C17H11NO3. The predicted molar refractivity (Wildman–Crippen MR) is 77.9 cm³/mol. The van der Waals surface area contributed by atoms with E-state index < -0.39 is 0 Å². The monoisotopic (exact) mass is 277 g/mol. The molecule has 1 N–H and O–H groups in total. The minimum absolute atomic E-state index is 0.162. The molecule has 0 atom stereocenters. The number of nitrogens with one attached hydrogen (secondary N) is 1. The number of carbonyl (C=O) groups excluding carboxylic acids is 2. The zero-order valence-corrected chi connectivity index (χ0v) is 11.1. The highest BCUT2D eigenvalue weighted by atomic mass is 16.5. The van der Waals surface area contributed by atoms with Crippen LogP contribution in [-0.4, -0.2) is 18.3 Å². The Morgan fingerprint density at radius 2 is 1.62 bits per heavy atom. The van der Waals surface area contributed by atoms with Gasteiger partial charge in [0, 0.05) is 17.3 Å². The van der Waals surface area contributed by atoms with E-state index in [1.54, 1.807) is 18.3 Å². The summed E-state index contributed by atoms with van der Waals surface area (Å²) in [6.45, 7) is 0.359. The molecule has 2 aromatic carbocycles. The third-order valence-electron chi connectivity index (χ3n) is 3.72. The molecule has 0 radical (unpaired) electrons. The summed E-state index contributed by atoms with van der Waals surface area (Å²) in [6.07, 6.45) is 3.16. The zero-order chi connectivity index (χ0) is 14.4. The van der Waals surface area contributed by atoms with Crippen molar-refractivity contribution >= 4 is 22.3 Å². The number of allylic oxidation sites excluding steroid dienone is 2. The number of rotatable bonds is 1. The van der Waals surface area contributed by atoms with Crippen LogP contribution in [0.25, 0.3) is 10.8 Å². The van der Waals surface area contributed by atoms with E-state index in [4.69, 9.17) is 4.74 Å². The Morgan fingerprint density at radius 3 is 2.14 bits per heavy atom. The summed E-state index contributed by atoms with van der Waals surface area (Å²) >= 11 is 0. The number of ketones is 2. The second-order valence-electron chi connectivity index (χ2n) is 5.00. The number of carbonyl (C=O) groups is 2. The molecule has 4 nitrogen and oxygen atoms in total. The van der Waals surface area contributed by atoms with Crippen molar-refractivity contribution in [2.24, 2.45) is 0 Å². The summed E-state index contributed by atoms with van der Waals surface area (Å²) in [5, 5.41) is 4.78. The van der Waals surface area contributed by atoms with Gasteiger partial charge in [0.05, 0.1) is 5.57 Å². The third-order valence-corrected chi connectivity index (χ3v) is 3.72. The number of ether oxygens (including phenoxy) is 1. The van der Waals surface area contributed by atoms with Crippen LogP contribution in [0.5, 0.6) is 0 Å². The van der Waals surface area contributed by atoms with E-state index in [9.17, 15) is 9.59 Å². The van der Waals surface area contributed by atoms with Crippen molar-refractivity contribution in [1.82, 2.24) is 5.32 Å². The largest absolute Gasteiger partial charge is 0.472 e. The Hall–Kier alpha value is -2.88. The van der Waals surface area contributed by atoms with E-state index >= 15 is 0 Å². The van der Waals surface area contributed by atoms with Crippen molar-refractivity contribution in [3.05, 3.63) is 71.1 Å². The molecule has 2 aromatic rings. The van der Waals surface area contributed by atoms with Gasteiger partial charge in [-0.05, 0) is 29.0 Å². The first-order valence-electron chi connectivity index (χ1n) is 6.64. The fraction of sp³-hybridized carbons (Fsp3) is 0.0588. The fourth-order valence-electron chi connectivity index (χ4n) is 2.67. The third kappa shape index (κ3) is 1.76. The molecule has 0 aromatic heterocycles. The summed E-state index contributed by atoms with van der Waals surface area (Å²) in [5.74, 6) is 0.0263. The first-order chi connectivity index (χ1) is 10.2. The van der Waals surface area contributed by atoms with Gasteiger partial charge in [0.1, 0.15) is 5.76 Å². The molecular weight excluding hydrogens is 266 g/mol. The number of hydrogen-bond donors (Lipinski definition) is 1. The molecule has 2 aliphatic rings. The molecule has 0 fully saturated rings. The summed E-state index contributed by atoms with van der Waals surface area (Å²) < 4.78 is 5.26. The van der Waals surface area contributed by atoms with Crippen molar-refractivity contribution in [2.45, 2.75) is 0 Å². The smallest absolute Gasteiger partial charge is 0.197 e. The van der Waals surface area contributed by atoms with E-state index in [-0.39, 0.29) is 17.1 Å². The maximum atomic E-state index is 12.4. The van der Waals surface area contributed by atoms with Crippen LogP contribution in [0.3, 0.4) is 0 Å². The van der Waals surface area contributed by atoms with Crippen LogP contribution in [0.15, 0.2) is 60.0 Å². The second-order valence-corrected chi connectivity index (χ2v) is 5.00. The van der Waals surface area contributed by atoms with Crippen LogP contribution in [0.2, 0.25) is 0 Å². The van der Waals surface area contributed by atoms with E-state index in [0.717, 1.165) is 10.8 Å². The van der Waals surface area contributed by atoms with Crippen LogP contribution >= 0.6 is 0 Å². The molecule has 102 valence electrons. The summed E-state index contributed by atoms with van der Waals surface area (Å²) in [5.41, 5.74) is 1.10. The topological polar surface area (TPSA) is 55.4 Å². The Kier molecular flexibility index (Phi) is 2.44. The van der Waals surface area contributed by atoms with Crippen LogP contribution in [0.1, 0.15) is 20.7 Å². The standard InChI is InChI=1S/C17H11NO3/c19-16-13-5-10-3-1-2-4-11(10)6-14(13)17(20)15(16)7-12-8-18-9-21-12/h1-8,18H,9H2. The number of hydrogen-bond acceptors (Lipinski definition) is 4. The van der Waals surface area contributed by atoms with Gasteiger partial charge in [0.15, 0.2) is 18.3 Å². The average molecular weight is 277 g/mol. The van der Waals surface area contributed by atoms with E-state index in [0.29, 0.717) is 23.6 Å². The molecule has 1 heterocycles. The van der Waals surface area contributed by atoms with Gasteiger partial charge in [-0.3, -0.25) is 9.59 Å². The van der Waals surface area contributed by atoms with Crippen molar-refractivity contribution in [3.8, 4) is 0 Å². The van der Waals surface area contributed by atoms with Crippen LogP contribution < -0.4 is 5.32 Å². The highest BCUT2D eigenvalue weighted by molar-refractivity contribution is 6.40. The Bertz CT molecular complexity index is 805. The average Bonchev–Trinajstić information content (AvgIpc) is 3.09. The Balaban J connectivity index is 1.88. The molecule has 1 aliphatic heterocycles. The van der Waals surface area contributed by atoms with Crippen molar-refractivity contribution in [2.75, 3.05) is 6.73 Å². The van der Waals surface area contributed by atoms with Gasteiger partial charge in [0.25, 0.3) is 0 Å². The normalized spacial score (nSPS) is 16.6. The highest BCUT2D eigenvalue weighted by Gasteiger charge is 2.33. The molecule has 1 aliphatic carbocycles. The highest BCUT2D eigenvalue weighted by Crippen LogP contribution is 2.31. The summed E-state index contributed by atoms with van der Waals surface area (Å²) in [7, 11) is 0. The summed E-state index contributed by atoms with van der Waals surface area (Å²) in [4.78, 5) is 24.9. The molecule has 0 unspecified atom stereocenters. The van der Waals surface area contributed by atoms with Gasteiger partial charge in [-0.25, -0.2) is 0 Å². The van der Waals surface area contributed by atoms with Crippen LogP contribution in [-0.2, 0) is 4.74 Å². The minimum atomic E-state index is -0.239. The van der Waals surface area contributed by atoms with Gasteiger partial charge in [-0.2, -0.15) is 0 Å². The molecule has 0 saturated carbocycles. The van der Waals surface area contributed by atoms with Gasteiger partial charge in [0.2, 0.25) is 0 Å². The molecule has 0 spiro atoms. The maximum Gasteiger partial charge on any atom is 0.197 e.